The number of aliphatic hydroxyl groups excluding tert-OH is 1. The molecular weight excluding hydrogens is 508 g/mol. The number of aliphatic hydroxyl groups is 1. The van der Waals surface area contributed by atoms with Crippen molar-refractivity contribution in [3.8, 4) is 17.2 Å². The SMILES string of the molecule is CC(C)=CCc1c2c(c(O)c3c1OC14C(=CC5CC1C(C)(C)OC4(C/C=C(/C)CO)C5=O)C3=O)C=CC(C)(C)O2. The van der Waals surface area contributed by atoms with E-state index in [1.807, 2.05) is 65.8 Å². The standard InChI is InChI=1S/C33H38O7/c1-17(2)8-9-21-27-20(11-12-30(4,5)38-27)25(35)24-26(36)22-14-19-15-23-31(6,7)40-32(29(19)37,13-10-18(3)16-34)33(22,23)39-28(21)24/h8,10-12,14,19,23,34-35H,9,13,15-16H2,1-7H3/b18-10-. The van der Waals surface area contributed by atoms with Gasteiger partial charge >= 0.3 is 0 Å². The Bertz CT molecular complexity index is 1480. The number of fused-ring (bicyclic) bond motifs is 2. The van der Waals surface area contributed by atoms with Gasteiger partial charge in [0.2, 0.25) is 0 Å². The Kier molecular flexibility index (Phi) is 5.70. The van der Waals surface area contributed by atoms with E-state index in [0.717, 1.165) is 5.57 Å². The highest BCUT2D eigenvalue weighted by Crippen LogP contribution is 2.68. The lowest BCUT2D eigenvalue weighted by Gasteiger charge is -2.56. The van der Waals surface area contributed by atoms with Gasteiger partial charge in [-0.15, -0.1) is 0 Å². The fraction of sp³-hybridized carbons (Fsp3) is 0.515. The van der Waals surface area contributed by atoms with E-state index in [9.17, 15) is 19.8 Å². The Labute approximate surface area is 235 Å². The number of hydrogen-bond donors (Lipinski definition) is 2. The van der Waals surface area contributed by atoms with E-state index in [1.165, 1.54) is 0 Å². The number of hydrogen-bond acceptors (Lipinski definition) is 7. The van der Waals surface area contributed by atoms with E-state index < -0.39 is 28.3 Å². The normalized spacial score (nSPS) is 32.0. The van der Waals surface area contributed by atoms with Gasteiger partial charge in [0.05, 0.1) is 17.8 Å². The van der Waals surface area contributed by atoms with Crippen LogP contribution in [0.2, 0.25) is 0 Å². The van der Waals surface area contributed by atoms with Crippen molar-refractivity contribution >= 4 is 17.6 Å². The fourth-order valence-corrected chi connectivity index (χ4v) is 7.44. The molecule has 4 atom stereocenters. The number of carbonyl (C=O) groups excluding carboxylic acids is 2. The van der Waals surface area contributed by atoms with Gasteiger partial charge in [-0.3, -0.25) is 9.59 Å². The lowest BCUT2D eigenvalue weighted by Crippen LogP contribution is -2.72. The molecule has 4 unspecified atom stereocenters. The molecule has 0 amide bonds. The molecule has 3 aliphatic carbocycles. The molecule has 7 rings (SSSR count). The molecule has 0 radical (unpaired) electrons. The third-order valence-corrected chi connectivity index (χ3v) is 9.32. The van der Waals surface area contributed by atoms with Gasteiger partial charge in [0.15, 0.2) is 22.8 Å². The van der Waals surface area contributed by atoms with Crippen molar-refractivity contribution < 1.29 is 34.0 Å². The molecule has 3 heterocycles. The minimum absolute atomic E-state index is 0.107. The predicted molar refractivity (Wildman–Crippen MR) is 151 cm³/mol. The summed E-state index contributed by atoms with van der Waals surface area (Å²) in [4.78, 5) is 28.7. The maximum Gasteiger partial charge on any atom is 0.200 e. The van der Waals surface area contributed by atoms with Crippen molar-refractivity contribution in [3.63, 3.8) is 0 Å². The number of rotatable bonds is 5. The van der Waals surface area contributed by atoms with E-state index in [1.54, 1.807) is 13.0 Å². The van der Waals surface area contributed by atoms with Crippen LogP contribution >= 0.6 is 0 Å². The Hall–Kier alpha value is -3.16. The van der Waals surface area contributed by atoms with Crippen LogP contribution in [0.15, 0.2) is 41.0 Å². The molecule has 1 aromatic carbocycles. The molecular formula is C33H38O7. The summed E-state index contributed by atoms with van der Waals surface area (Å²) in [5.74, 6) is -0.661. The zero-order chi connectivity index (χ0) is 29.0. The van der Waals surface area contributed by atoms with Gasteiger partial charge in [-0.25, -0.2) is 0 Å². The number of Topliss-reactive ketones (excluding diaryl/α,β-unsaturated/α-hetero) is 2. The fourth-order valence-electron chi connectivity index (χ4n) is 7.44. The first-order valence-electron chi connectivity index (χ1n) is 14.1. The van der Waals surface area contributed by atoms with Crippen molar-refractivity contribution in [2.45, 2.75) is 90.1 Å². The number of phenolic OH excluding ortho intramolecular Hbond substituents is 1. The number of aromatic hydroxyl groups is 1. The van der Waals surface area contributed by atoms with Gasteiger partial charge in [0.1, 0.15) is 28.4 Å². The molecule has 40 heavy (non-hydrogen) atoms. The third kappa shape index (κ3) is 3.37. The maximum absolute atomic E-state index is 14.5. The van der Waals surface area contributed by atoms with Crippen molar-refractivity contribution in [1.82, 2.24) is 0 Å². The number of allylic oxidation sites excluding steroid dienone is 3. The molecule has 1 saturated heterocycles. The van der Waals surface area contributed by atoms with E-state index >= 15 is 0 Å². The zero-order valence-corrected chi connectivity index (χ0v) is 24.3. The second-order valence-electron chi connectivity index (χ2n) is 13.2. The molecule has 2 fully saturated rings. The van der Waals surface area contributed by atoms with E-state index in [-0.39, 0.29) is 47.6 Å². The van der Waals surface area contributed by atoms with E-state index in [4.69, 9.17) is 14.2 Å². The van der Waals surface area contributed by atoms with Crippen LogP contribution in [0.5, 0.6) is 17.2 Å². The van der Waals surface area contributed by atoms with E-state index in [0.29, 0.717) is 40.9 Å². The summed E-state index contributed by atoms with van der Waals surface area (Å²) in [5.41, 5.74) is -0.823. The Morgan fingerprint density at radius 2 is 1.80 bits per heavy atom. The quantitative estimate of drug-likeness (QED) is 0.476. The van der Waals surface area contributed by atoms with Gasteiger partial charge in [0.25, 0.3) is 0 Å². The lowest BCUT2D eigenvalue weighted by atomic mass is 9.51. The average molecular weight is 547 g/mol. The third-order valence-electron chi connectivity index (χ3n) is 9.32. The first-order chi connectivity index (χ1) is 18.7. The second kappa shape index (κ2) is 8.43. The van der Waals surface area contributed by atoms with Gasteiger partial charge in [0, 0.05) is 29.4 Å². The number of ketones is 2. The van der Waals surface area contributed by atoms with Crippen LogP contribution in [0.1, 0.15) is 82.8 Å². The zero-order valence-electron chi connectivity index (χ0n) is 24.3. The van der Waals surface area contributed by atoms with Crippen LogP contribution in [0, 0.1) is 11.8 Å². The predicted octanol–water partition coefficient (Wildman–Crippen LogP) is 5.42. The Morgan fingerprint density at radius 1 is 1.07 bits per heavy atom. The first-order valence-corrected chi connectivity index (χ1v) is 14.1. The van der Waals surface area contributed by atoms with Crippen molar-refractivity contribution in [1.29, 1.82) is 0 Å². The summed E-state index contributed by atoms with van der Waals surface area (Å²) < 4.78 is 20.2. The van der Waals surface area contributed by atoms with Crippen LogP contribution in [0.25, 0.3) is 6.08 Å². The number of phenols is 1. The largest absolute Gasteiger partial charge is 0.506 e. The van der Waals surface area contributed by atoms with Crippen molar-refractivity contribution in [2.24, 2.45) is 11.8 Å². The summed E-state index contributed by atoms with van der Waals surface area (Å²) >= 11 is 0. The molecule has 1 aromatic rings. The highest BCUT2D eigenvalue weighted by Gasteiger charge is 2.81. The van der Waals surface area contributed by atoms with Crippen LogP contribution in [-0.2, 0) is 16.0 Å². The van der Waals surface area contributed by atoms with Gasteiger partial charge in [-0.2, -0.15) is 0 Å². The molecule has 4 bridgehead atoms. The number of carbonyl (C=O) groups is 2. The first kappa shape index (κ1) is 27.0. The summed E-state index contributed by atoms with van der Waals surface area (Å²) in [6.07, 6.45) is 10.4. The minimum atomic E-state index is -1.45. The lowest BCUT2D eigenvalue weighted by molar-refractivity contribution is -0.171. The Morgan fingerprint density at radius 3 is 2.48 bits per heavy atom. The van der Waals surface area contributed by atoms with Crippen LogP contribution in [-0.4, -0.2) is 50.8 Å². The highest BCUT2D eigenvalue weighted by molar-refractivity contribution is 6.19. The van der Waals surface area contributed by atoms with Crippen LogP contribution < -0.4 is 9.47 Å². The molecule has 1 saturated carbocycles. The molecule has 3 aliphatic heterocycles. The van der Waals surface area contributed by atoms with Gasteiger partial charge in [-0.05, 0) is 73.5 Å². The Balaban J connectivity index is 1.66. The minimum Gasteiger partial charge on any atom is -0.506 e. The number of benzene rings is 1. The molecule has 1 spiro atoms. The smallest absolute Gasteiger partial charge is 0.200 e. The molecule has 7 heteroatoms. The van der Waals surface area contributed by atoms with Crippen molar-refractivity contribution in [2.75, 3.05) is 6.61 Å². The summed E-state index contributed by atoms with van der Waals surface area (Å²) in [7, 11) is 0. The highest BCUT2D eigenvalue weighted by atomic mass is 16.6. The second-order valence-corrected chi connectivity index (χ2v) is 13.2. The van der Waals surface area contributed by atoms with Gasteiger partial charge in [-0.1, -0.05) is 29.4 Å². The molecule has 0 aromatic heterocycles. The molecule has 212 valence electrons. The van der Waals surface area contributed by atoms with Gasteiger partial charge < -0.3 is 24.4 Å². The number of ether oxygens (including phenoxy) is 3. The summed E-state index contributed by atoms with van der Waals surface area (Å²) in [6.45, 7) is 13.4. The van der Waals surface area contributed by atoms with Crippen molar-refractivity contribution in [3.05, 3.63) is 57.7 Å². The maximum atomic E-state index is 14.5. The molecule has 2 N–H and O–H groups in total. The van der Waals surface area contributed by atoms with Crippen LogP contribution in [0.4, 0.5) is 0 Å². The average Bonchev–Trinajstić information content (AvgIpc) is 3.03. The van der Waals surface area contributed by atoms with Crippen LogP contribution in [0.3, 0.4) is 0 Å². The summed E-state index contributed by atoms with van der Waals surface area (Å²) in [5, 5.41) is 21.3. The summed E-state index contributed by atoms with van der Waals surface area (Å²) in [6, 6.07) is 0. The molecule has 7 nitrogen and oxygen atoms in total. The topological polar surface area (TPSA) is 102 Å². The monoisotopic (exact) mass is 546 g/mol. The van der Waals surface area contributed by atoms with E-state index in [2.05, 4.69) is 0 Å². The molecule has 6 aliphatic rings.